The van der Waals surface area contributed by atoms with Crippen molar-refractivity contribution in [1.29, 1.82) is 0 Å². The highest BCUT2D eigenvalue weighted by atomic mass is 35.5. The second-order valence-electron chi connectivity index (χ2n) is 3.93. The molecule has 0 spiro atoms. The average Bonchev–Trinajstić information content (AvgIpc) is 2.37. The Kier molecular flexibility index (Phi) is 3.85. The molecule has 0 aromatic heterocycles. The molecule has 0 heterocycles. The molecule has 3 N–H and O–H groups in total. The summed E-state index contributed by atoms with van der Waals surface area (Å²) < 4.78 is 40.2. The number of amides is 1. The Bertz CT molecular complexity index is 692. The first-order chi connectivity index (χ1) is 9.38. The molecule has 0 aliphatic heterocycles. The van der Waals surface area contributed by atoms with E-state index in [-0.39, 0.29) is 10.7 Å². The molecule has 2 rings (SSSR count). The zero-order valence-electron chi connectivity index (χ0n) is 9.88. The van der Waals surface area contributed by atoms with Crippen LogP contribution in [0.2, 0.25) is 5.02 Å². The van der Waals surface area contributed by atoms with Crippen LogP contribution in [0, 0.1) is 17.5 Å². The van der Waals surface area contributed by atoms with E-state index in [0.717, 1.165) is 12.1 Å². The molecule has 0 unspecified atom stereocenters. The lowest BCUT2D eigenvalue weighted by atomic mass is 10.1. The van der Waals surface area contributed by atoms with Gasteiger partial charge in [-0.3, -0.25) is 4.79 Å². The Balaban J connectivity index is 2.33. The van der Waals surface area contributed by atoms with Crippen LogP contribution in [0.15, 0.2) is 30.3 Å². The fraction of sp³-hybridized carbons (Fsp3) is 0. The normalized spacial score (nSPS) is 10.4. The predicted octanol–water partition coefficient (Wildman–Crippen LogP) is 3.59. The van der Waals surface area contributed by atoms with Gasteiger partial charge in [0.25, 0.3) is 5.91 Å². The van der Waals surface area contributed by atoms with Crippen LogP contribution in [-0.2, 0) is 0 Å². The van der Waals surface area contributed by atoms with Crippen molar-refractivity contribution in [2.75, 3.05) is 11.1 Å². The smallest absolute Gasteiger partial charge is 0.258 e. The van der Waals surface area contributed by atoms with Crippen LogP contribution in [0.4, 0.5) is 24.5 Å². The van der Waals surface area contributed by atoms with E-state index >= 15 is 0 Å². The van der Waals surface area contributed by atoms with Crippen LogP contribution < -0.4 is 11.1 Å². The highest BCUT2D eigenvalue weighted by molar-refractivity contribution is 6.30. The van der Waals surface area contributed by atoms with Gasteiger partial charge in [-0.05, 0) is 30.3 Å². The maximum absolute atomic E-state index is 13.6. The molecular weight excluding hydrogens is 293 g/mol. The number of carbonyl (C=O) groups is 1. The highest BCUT2D eigenvalue weighted by Gasteiger charge is 2.17. The number of benzene rings is 2. The van der Waals surface area contributed by atoms with Crippen LogP contribution in [-0.4, -0.2) is 5.91 Å². The second kappa shape index (κ2) is 5.42. The van der Waals surface area contributed by atoms with Gasteiger partial charge < -0.3 is 11.1 Å². The van der Waals surface area contributed by atoms with Crippen LogP contribution in [0.1, 0.15) is 10.4 Å². The van der Waals surface area contributed by atoms with Crippen molar-refractivity contribution >= 4 is 28.9 Å². The summed E-state index contributed by atoms with van der Waals surface area (Å²) in [6.07, 6.45) is 0. The maximum atomic E-state index is 13.6. The largest absolute Gasteiger partial charge is 0.396 e. The Morgan fingerprint density at radius 2 is 1.85 bits per heavy atom. The molecule has 20 heavy (non-hydrogen) atoms. The van der Waals surface area contributed by atoms with Gasteiger partial charge in [-0.25, -0.2) is 13.2 Å². The van der Waals surface area contributed by atoms with Gasteiger partial charge in [0.1, 0.15) is 11.6 Å². The van der Waals surface area contributed by atoms with Gasteiger partial charge in [-0.15, -0.1) is 0 Å². The molecule has 1 amide bonds. The minimum Gasteiger partial charge on any atom is -0.396 e. The lowest BCUT2D eigenvalue weighted by molar-refractivity contribution is 0.102. The fourth-order valence-corrected chi connectivity index (χ4v) is 1.71. The molecule has 0 atom stereocenters. The molecule has 104 valence electrons. The van der Waals surface area contributed by atoms with Crippen molar-refractivity contribution in [2.24, 2.45) is 0 Å². The van der Waals surface area contributed by atoms with E-state index in [1.54, 1.807) is 0 Å². The maximum Gasteiger partial charge on any atom is 0.258 e. The van der Waals surface area contributed by atoms with Crippen LogP contribution in [0.3, 0.4) is 0 Å². The minimum atomic E-state index is -1.07. The van der Waals surface area contributed by atoms with Crippen molar-refractivity contribution in [2.45, 2.75) is 0 Å². The number of anilines is 2. The first-order valence-corrected chi connectivity index (χ1v) is 5.77. The summed E-state index contributed by atoms with van der Waals surface area (Å²) in [5, 5.41) is 2.25. The highest BCUT2D eigenvalue weighted by Crippen LogP contribution is 2.22. The summed E-state index contributed by atoms with van der Waals surface area (Å²) in [7, 11) is 0. The van der Waals surface area contributed by atoms with Crippen LogP contribution >= 0.6 is 11.6 Å². The summed E-state index contributed by atoms with van der Waals surface area (Å²) >= 11 is 5.56. The molecule has 7 heteroatoms. The molecule has 0 bridgehead atoms. The van der Waals surface area contributed by atoms with Gasteiger partial charge in [0, 0.05) is 5.02 Å². The Labute approximate surface area is 117 Å². The minimum absolute atomic E-state index is 0.140. The summed E-state index contributed by atoms with van der Waals surface area (Å²) in [4.78, 5) is 11.8. The second-order valence-corrected chi connectivity index (χ2v) is 4.37. The number of nitrogen functional groups attached to an aromatic ring is 1. The molecule has 0 fully saturated rings. The van der Waals surface area contributed by atoms with Crippen molar-refractivity contribution in [1.82, 2.24) is 0 Å². The number of nitrogens with one attached hydrogen (secondary N) is 1. The summed E-state index contributed by atoms with van der Waals surface area (Å²) in [5.41, 5.74) is 3.89. The van der Waals surface area contributed by atoms with E-state index < -0.39 is 34.6 Å². The Hall–Kier alpha value is -2.21. The molecule has 0 aliphatic rings. The zero-order chi connectivity index (χ0) is 14.9. The van der Waals surface area contributed by atoms with E-state index in [1.807, 2.05) is 0 Å². The van der Waals surface area contributed by atoms with E-state index in [2.05, 4.69) is 5.32 Å². The molecule has 0 saturated heterocycles. The van der Waals surface area contributed by atoms with Crippen molar-refractivity contribution in [3.8, 4) is 0 Å². The summed E-state index contributed by atoms with van der Waals surface area (Å²) in [6.45, 7) is 0. The monoisotopic (exact) mass is 300 g/mol. The van der Waals surface area contributed by atoms with Gasteiger partial charge in [0.05, 0.1) is 16.9 Å². The first kappa shape index (κ1) is 14.2. The van der Waals surface area contributed by atoms with Crippen LogP contribution in [0.5, 0.6) is 0 Å². The first-order valence-electron chi connectivity index (χ1n) is 5.39. The lowest BCUT2D eigenvalue weighted by Gasteiger charge is -2.08. The Morgan fingerprint density at radius 1 is 1.15 bits per heavy atom. The summed E-state index contributed by atoms with van der Waals surface area (Å²) in [5.74, 6) is -3.76. The van der Waals surface area contributed by atoms with Gasteiger partial charge in [-0.2, -0.15) is 0 Å². The molecule has 0 radical (unpaired) electrons. The molecular formula is C13H8ClF3N2O. The standard InChI is InChI=1S/C13H8ClF3N2O/c14-6-1-2-11(9(16)3-6)19-13(20)8-4-7(15)5-10(18)12(8)17/h1-5H,18H2,(H,19,20). The zero-order valence-corrected chi connectivity index (χ0v) is 10.6. The van der Waals surface area contributed by atoms with E-state index in [4.69, 9.17) is 17.3 Å². The molecule has 2 aromatic carbocycles. The van der Waals surface area contributed by atoms with Crippen molar-refractivity contribution < 1.29 is 18.0 Å². The predicted molar refractivity (Wildman–Crippen MR) is 70.1 cm³/mol. The third-order valence-electron chi connectivity index (χ3n) is 2.49. The number of hydrogen-bond acceptors (Lipinski definition) is 2. The molecule has 0 saturated carbocycles. The number of halogens is 4. The van der Waals surface area contributed by atoms with Crippen molar-refractivity contribution in [3.05, 3.63) is 58.4 Å². The summed E-state index contributed by atoms with van der Waals surface area (Å²) in [6, 6.07) is 4.95. The van der Waals surface area contributed by atoms with Gasteiger partial charge in [-0.1, -0.05) is 11.6 Å². The topological polar surface area (TPSA) is 55.1 Å². The SMILES string of the molecule is Nc1cc(F)cc(C(=O)Nc2ccc(Cl)cc2F)c1F. The van der Waals surface area contributed by atoms with Gasteiger partial charge >= 0.3 is 0 Å². The van der Waals surface area contributed by atoms with E-state index in [0.29, 0.717) is 6.07 Å². The number of hydrogen-bond donors (Lipinski definition) is 2. The molecule has 3 nitrogen and oxygen atoms in total. The lowest BCUT2D eigenvalue weighted by Crippen LogP contribution is -2.16. The number of carbonyl (C=O) groups excluding carboxylic acids is 1. The van der Waals surface area contributed by atoms with E-state index in [9.17, 15) is 18.0 Å². The molecule has 0 aliphatic carbocycles. The van der Waals surface area contributed by atoms with Crippen molar-refractivity contribution in [3.63, 3.8) is 0 Å². The van der Waals surface area contributed by atoms with E-state index in [1.165, 1.54) is 12.1 Å². The Morgan fingerprint density at radius 3 is 2.50 bits per heavy atom. The number of nitrogens with two attached hydrogens (primary N) is 1. The average molecular weight is 301 g/mol. The third kappa shape index (κ3) is 2.85. The molecule has 2 aromatic rings. The van der Waals surface area contributed by atoms with Gasteiger partial charge in [0.2, 0.25) is 0 Å². The van der Waals surface area contributed by atoms with Gasteiger partial charge in [0.15, 0.2) is 5.82 Å². The number of rotatable bonds is 2. The third-order valence-corrected chi connectivity index (χ3v) is 2.72. The van der Waals surface area contributed by atoms with Crippen LogP contribution in [0.25, 0.3) is 0 Å². The fourth-order valence-electron chi connectivity index (χ4n) is 1.56. The quantitative estimate of drug-likeness (QED) is 0.833.